The summed E-state index contributed by atoms with van der Waals surface area (Å²) in [6, 6.07) is 14.3. The van der Waals surface area contributed by atoms with Gasteiger partial charge in [0.25, 0.3) is 11.9 Å². The van der Waals surface area contributed by atoms with Crippen molar-refractivity contribution < 1.29 is 13.6 Å². The monoisotopic (exact) mass is 464 g/mol. The lowest BCUT2D eigenvalue weighted by Gasteiger charge is -2.39. The number of aromatic nitrogens is 2. The Balaban J connectivity index is 1.39. The number of fused-ring (bicyclic) bond motifs is 1. The van der Waals surface area contributed by atoms with Gasteiger partial charge >= 0.3 is 0 Å². The number of oxazole rings is 1. The largest absolute Gasteiger partial charge is 0.424 e. The van der Waals surface area contributed by atoms with E-state index in [1.807, 2.05) is 36.1 Å². The summed E-state index contributed by atoms with van der Waals surface area (Å²) in [5.41, 5.74) is 2.76. The molecule has 3 heterocycles. The highest BCUT2D eigenvalue weighted by Gasteiger charge is 2.34. The van der Waals surface area contributed by atoms with Gasteiger partial charge in [0, 0.05) is 13.1 Å². The van der Waals surface area contributed by atoms with E-state index in [1.165, 1.54) is 23.5 Å². The van der Waals surface area contributed by atoms with Gasteiger partial charge in [-0.1, -0.05) is 31.2 Å². The van der Waals surface area contributed by atoms with E-state index in [9.17, 15) is 9.18 Å². The van der Waals surface area contributed by atoms with E-state index in [-0.39, 0.29) is 17.8 Å². The molecular formula is C25H25FN4O2S. The summed E-state index contributed by atoms with van der Waals surface area (Å²) in [6.45, 7) is 5.27. The Labute approximate surface area is 195 Å². The van der Waals surface area contributed by atoms with E-state index in [2.05, 4.69) is 22.2 Å². The molecule has 5 rings (SSSR count). The molecule has 0 bridgehead atoms. The molecule has 33 heavy (non-hydrogen) atoms. The third-order valence-corrected chi connectivity index (χ3v) is 7.20. The Hall–Kier alpha value is -3.26. The Morgan fingerprint density at radius 3 is 2.79 bits per heavy atom. The molecule has 1 amide bonds. The minimum atomic E-state index is -0.303. The molecule has 1 aliphatic rings. The number of benzene rings is 2. The van der Waals surface area contributed by atoms with Crippen LogP contribution in [0.25, 0.3) is 21.5 Å². The fourth-order valence-corrected chi connectivity index (χ4v) is 5.37. The van der Waals surface area contributed by atoms with Crippen LogP contribution in [-0.2, 0) is 0 Å². The fraction of sp³-hybridized carbons (Fsp3) is 0.320. The minimum Gasteiger partial charge on any atom is -0.424 e. The van der Waals surface area contributed by atoms with Crippen LogP contribution in [0.4, 0.5) is 10.4 Å². The molecule has 0 spiro atoms. The molecule has 8 heteroatoms. The Bertz CT molecular complexity index is 1250. The molecule has 1 aliphatic heterocycles. The number of piperidine rings is 1. The second-order valence-corrected chi connectivity index (χ2v) is 9.67. The summed E-state index contributed by atoms with van der Waals surface area (Å²) in [7, 11) is 0. The van der Waals surface area contributed by atoms with E-state index in [0.29, 0.717) is 30.7 Å². The fourth-order valence-electron chi connectivity index (χ4n) is 4.46. The first-order valence-corrected chi connectivity index (χ1v) is 11.9. The third kappa shape index (κ3) is 4.35. The number of nitrogens with one attached hydrogen (secondary N) is 1. The number of anilines is 1. The molecule has 2 atom stereocenters. The standard InChI is InChI=1S/C25H25FN4O2S/c1-15-6-5-13-30(20(15)14-27-25-29-19-7-3-4-8-21(19)32-25)24(31)22-23(33-16(2)28-22)17-9-11-18(26)12-10-17/h3-4,7-12,15,20H,5-6,13-14H2,1-2H3,(H,27,29)/t15-,20+/m1/s1. The van der Waals surface area contributed by atoms with Gasteiger partial charge in [0.05, 0.1) is 15.9 Å². The van der Waals surface area contributed by atoms with Crippen molar-refractivity contribution in [2.24, 2.45) is 5.92 Å². The number of hydrogen-bond donors (Lipinski definition) is 1. The molecule has 1 fully saturated rings. The number of nitrogens with zero attached hydrogens (tertiary/aromatic N) is 3. The van der Waals surface area contributed by atoms with Crippen LogP contribution in [0.5, 0.6) is 0 Å². The van der Waals surface area contributed by atoms with E-state index in [4.69, 9.17) is 4.42 Å². The first-order chi connectivity index (χ1) is 16.0. The van der Waals surface area contributed by atoms with Crippen LogP contribution in [0.1, 0.15) is 35.3 Å². The highest BCUT2D eigenvalue weighted by Crippen LogP contribution is 2.33. The number of aryl methyl sites for hydroxylation is 1. The predicted molar refractivity (Wildman–Crippen MR) is 128 cm³/mol. The number of hydrogen-bond acceptors (Lipinski definition) is 6. The molecule has 0 unspecified atom stereocenters. The van der Waals surface area contributed by atoms with Crippen molar-refractivity contribution in [2.75, 3.05) is 18.4 Å². The molecule has 6 nitrogen and oxygen atoms in total. The normalized spacial score (nSPS) is 18.6. The number of carbonyl (C=O) groups excluding carboxylic acids is 1. The zero-order chi connectivity index (χ0) is 22.9. The molecule has 1 N–H and O–H groups in total. The SMILES string of the molecule is Cc1nc(C(=O)N2CCC[C@@H](C)[C@@H]2CNc2nc3ccccc3o2)c(-c2ccc(F)cc2)s1. The van der Waals surface area contributed by atoms with Gasteiger partial charge in [-0.05, 0) is 55.5 Å². The lowest BCUT2D eigenvalue weighted by molar-refractivity contribution is 0.0534. The van der Waals surface area contributed by atoms with Gasteiger partial charge in [0.15, 0.2) is 5.58 Å². The molecule has 1 saturated heterocycles. The zero-order valence-corrected chi connectivity index (χ0v) is 19.4. The quantitative estimate of drug-likeness (QED) is 0.407. The Morgan fingerprint density at radius 2 is 2.00 bits per heavy atom. The van der Waals surface area contributed by atoms with Gasteiger partial charge in [0.1, 0.15) is 17.0 Å². The van der Waals surface area contributed by atoms with Crippen LogP contribution >= 0.6 is 11.3 Å². The predicted octanol–water partition coefficient (Wildman–Crippen LogP) is 5.75. The van der Waals surface area contributed by atoms with Gasteiger partial charge in [-0.2, -0.15) is 4.98 Å². The highest BCUT2D eigenvalue weighted by molar-refractivity contribution is 7.15. The highest BCUT2D eigenvalue weighted by atomic mass is 32.1. The summed E-state index contributed by atoms with van der Waals surface area (Å²) in [6.07, 6.45) is 1.99. The number of halogens is 1. The number of likely N-dealkylation sites (tertiary alicyclic amines) is 1. The van der Waals surface area contributed by atoms with Crippen molar-refractivity contribution >= 4 is 34.4 Å². The molecule has 0 aliphatic carbocycles. The smallest absolute Gasteiger partial charge is 0.295 e. The molecule has 4 aromatic rings. The van der Waals surface area contributed by atoms with Crippen LogP contribution in [0, 0.1) is 18.7 Å². The minimum absolute atomic E-state index is 0.0238. The van der Waals surface area contributed by atoms with Crippen LogP contribution in [0.3, 0.4) is 0 Å². The van der Waals surface area contributed by atoms with Crippen molar-refractivity contribution in [3.8, 4) is 10.4 Å². The molecular weight excluding hydrogens is 439 g/mol. The molecule has 0 radical (unpaired) electrons. The number of amides is 1. The lowest BCUT2D eigenvalue weighted by Crippen LogP contribution is -2.51. The summed E-state index contributed by atoms with van der Waals surface area (Å²) in [5.74, 6) is -0.0776. The number of para-hydroxylation sites is 2. The average molecular weight is 465 g/mol. The maximum absolute atomic E-state index is 13.7. The van der Waals surface area contributed by atoms with Gasteiger partial charge in [0.2, 0.25) is 0 Å². The number of carbonyl (C=O) groups is 1. The van der Waals surface area contributed by atoms with E-state index in [0.717, 1.165) is 39.4 Å². The lowest BCUT2D eigenvalue weighted by atomic mass is 9.90. The second kappa shape index (κ2) is 8.94. The van der Waals surface area contributed by atoms with Crippen molar-refractivity contribution in [2.45, 2.75) is 32.7 Å². The molecule has 170 valence electrons. The van der Waals surface area contributed by atoms with Gasteiger partial charge in [-0.3, -0.25) is 4.79 Å². The first-order valence-electron chi connectivity index (χ1n) is 11.1. The van der Waals surface area contributed by atoms with Crippen LogP contribution in [-0.4, -0.2) is 39.9 Å². The zero-order valence-electron chi connectivity index (χ0n) is 18.5. The van der Waals surface area contributed by atoms with Crippen LogP contribution in [0.15, 0.2) is 52.9 Å². The average Bonchev–Trinajstić information content (AvgIpc) is 3.41. The molecule has 2 aromatic heterocycles. The second-order valence-electron chi connectivity index (χ2n) is 8.47. The Morgan fingerprint density at radius 1 is 1.21 bits per heavy atom. The molecule has 0 saturated carbocycles. The van der Waals surface area contributed by atoms with Crippen molar-refractivity contribution in [1.29, 1.82) is 0 Å². The topological polar surface area (TPSA) is 71.3 Å². The first kappa shape index (κ1) is 21.6. The maximum atomic E-state index is 13.7. The van der Waals surface area contributed by atoms with E-state index in [1.54, 1.807) is 12.1 Å². The van der Waals surface area contributed by atoms with Crippen molar-refractivity contribution in [3.05, 3.63) is 65.0 Å². The summed E-state index contributed by atoms with van der Waals surface area (Å²) in [5, 5.41) is 4.11. The summed E-state index contributed by atoms with van der Waals surface area (Å²) < 4.78 is 19.2. The number of rotatable bonds is 5. The molecule has 2 aromatic carbocycles. The maximum Gasteiger partial charge on any atom is 0.295 e. The summed E-state index contributed by atoms with van der Waals surface area (Å²) in [4.78, 5) is 25.5. The van der Waals surface area contributed by atoms with E-state index < -0.39 is 0 Å². The van der Waals surface area contributed by atoms with Crippen molar-refractivity contribution in [1.82, 2.24) is 14.9 Å². The summed E-state index contributed by atoms with van der Waals surface area (Å²) >= 11 is 1.46. The van der Waals surface area contributed by atoms with E-state index >= 15 is 0 Å². The van der Waals surface area contributed by atoms with Crippen LogP contribution in [0.2, 0.25) is 0 Å². The van der Waals surface area contributed by atoms with Crippen molar-refractivity contribution in [3.63, 3.8) is 0 Å². The van der Waals surface area contributed by atoms with Gasteiger partial charge in [-0.15, -0.1) is 11.3 Å². The van der Waals surface area contributed by atoms with Gasteiger partial charge in [-0.25, -0.2) is 9.37 Å². The number of thiazole rings is 1. The Kier molecular flexibility index (Phi) is 5.85. The van der Waals surface area contributed by atoms with Crippen LogP contribution < -0.4 is 5.32 Å². The van der Waals surface area contributed by atoms with Gasteiger partial charge < -0.3 is 14.6 Å². The third-order valence-electron chi connectivity index (χ3n) is 6.18.